The van der Waals surface area contributed by atoms with Gasteiger partial charge in [0.25, 0.3) is 0 Å². The van der Waals surface area contributed by atoms with Crippen molar-refractivity contribution >= 4 is 17.6 Å². The van der Waals surface area contributed by atoms with E-state index in [0.717, 1.165) is 0 Å². The van der Waals surface area contributed by atoms with Crippen LogP contribution in [-0.2, 0) is 23.9 Å². The van der Waals surface area contributed by atoms with Crippen molar-refractivity contribution in [2.45, 2.75) is 77.8 Å². The van der Waals surface area contributed by atoms with Gasteiger partial charge in [-0.05, 0) is 31.6 Å². The molecule has 0 bridgehead atoms. The first-order valence-electron chi connectivity index (χ1n) is 9.80. The van der Waals surface area contributed by atoms with Gasteiger partial charge in [-0.1, -0.05) is 27.7 Å². The van der Waals surface area contributed by atoms with Crippen LogP contribution in [0.5, 0.6) is 0 Å². The van der Waals surface area contributed by atoms with E-state index in [-0.39, 0.29) is 24.2 Å². The molecule has 1 aliphatic rings. The van der Waals surface area contributed by atoms with Crippen LogP contribution in [0.3, 0.4) is 0 Å². The highest BCUT2D eigenvalue weighted by Crippen LogP contribution is 2.29. The molecule has 1 saturated heterocycles. The van der Waals surface area contributed by atoms with Crippen molar-refractivity contribution in [1.82, 2.24) is 10.6 Å². The van der Waals surface area contributed by atoms with Crippen molar-refractivity contribution < 1.29 is 32.6 Å². The number of ether oxygens (including phenoxy) is 2. The van der Waals surface area contributed by atoms with Gasteiger partial charge in [-0.25, -0.2) is 0 Å². The fourth-order valence-electron chi connectivity index (χ4n) is 2.84. The van der Waals surface area contributed by atoms with Gasteiger partial charge in [0.05, 0.1) is 25.3 Å². The van der Waals surface area contributed by atoms with Gasteiger partial charge < -0.3 is 25.8 Å². The molecule has 8 nitrogen and oxygen atoms in total. The van der Waals surface area contributed by atoms with Gasteiger partial charge in [-0.2, -0.15) is 8.78 Å². The highest BCUT2D eigenvalue weighted by Gasteiger charge is 2.50. The van der Waals surface area contributed by atoms with E-state index < -0.39 is 48.8 Å². The van der Waals surface area contributed by atoms with Gasteiger partial charge in [0.1, 0.15) is 11.6 Å². The van der Waals surface area contributed by atoms with E-state index in [4.69, 9.17) is 10.5 Å². The highest BCUT2D eigenvalue weighted by molar-refractivity contribution is 5.98. The van der Waals surface area contributed by atoms with Crippen molar-refractivity contribution in [3.63, 3.8) is 0 Å². The SMILES string of the molecule is CC(C)C[C@H](NC(=O)[C@H](COC(F)F)NC(=O)[C@@H](N)CC(C)C)C(=O)[C@@]1(C)CO1. The predicted octanol–water partition coefficient (Wildman–Crippen LogP) is 0.973. The first-order valence-corrected chi connectivity index (χ1v) is 9.80. The Kier molecular flexibility index (Phi) is 9.57. The van der Waals surface area contributed by atoms with Crippen molar-refractivity contribution in [1.29, 1.82) is 0 Å². The summed E-state index contributed by atoms with van der Waals surface area (Å²) in [6, 6.07) is -3.18. The quantitative estimate of drug-likeness (QED) is 0.381. The number of alkyl halides is 2. The van der Waals surface area contributed by atoms with Crippen LogP contribution in [-0.4, -0.2) is 61.1 Å². The standard InChI is InChI=1S/C19H33F2N3O5/c1-10(2)6-12(22)16(26)24-14(8-28-18(20)21)17(27)23-13(7-11(3)4)15(25)19(5)9-29-19/h10-14,18H,6-9,22H2,1-5H3,(H,23,27)(H,24,26)/t12-,13-,14-,19+/m0/s1. The zero-order chi connectivity index (χ0) is 22.4. The second-order valence-electron chi connectivity index (χ2n) is 8.47. The lowest BCUT2D eigenvalue weighted by atomic mass is 9.93. The molecule has 1 rings (SSSR count). The second-order valence-corrected chi connectivity index (χ2v) is 8.47. The smallest absolute Gasteiger partial charge is 0.345 e. The number of nitrogens with one attached hydrogen (secondary N) is 2. The molecule has 0 unspecified atom stereocenters. The lowest BCUT2D eigenvalue weighted by Crippen LogP contribution is -2.57. The number of carbonyl (C=O) groups excluding carboxylic acids is 3. The largest absolute Gasteiger partial charge is 0.361 e. The number of Topliss-reactive ketones (excluding diaryl/α,β-unsaturated/α-hetero) is 1. The summed E-state index contributed by atoms with van der Waals surface area (Å²) in [6.07, 6.45) is 0.701. The monoisotopic (exact) mass is 421 g/mol. The van der Waals surface area contributed by atoms with E-state index in [1.807, 2.05) is 27.7 Å². The summed E-state index contributed by atoms with van der Waals surface area (Å²) < 4.78 is 34.4. The molecule has 0 aromatic carbocycles. The Hall–Kier alpha value is -1.65. The molecule has 1 heterocycles. The van der Waals surface area contributed by atoms with Gasteiger partial charge in [-0.15, -0.1) is 0 Å². The fraction of sp³-hybridized carbons (Fsp3) is 0.842. The minimum atomic E-state index is -3.11. The maximum atomic E-state index is 12.7. The number of rotatable bonds is 13. The Morgan fingerprint density at radius 2 is 1.55 bits per heavy atom. The average molecular weight is 421 g/mol. The molecule has 168 valence electrons. The van der Waals surface area contributed by atoms with Crippen LogP contribution in [0.15, 0.2) is 0 Å². The lowest BCUT2D eigenvalue weighted by Gasteiger charge is -2.25. The van der Waals surface area contributed by atoms with Crippen molar-refractivity contribution in [3.05, 3.63) is 0 Å². The van der Waals surface area contributed by atoms with E-state index in [1.54, 1.807) is 6.92 Å². The number of halogens is 2. The Labute approximate surface area is 170 Å². The summed E-state index contributed by atoms with van der Waals surface area (Å²) >= 11 is 0. The predicted molar refractivity (Wildman–Crippen MR) is 102 cm³/mol. The third-order valence-corrected chi connectivity index (χ3v) is 4.52. The lowest BCUT2D eigenvalue weighted by molar-refractivity contribution is -0.148. The number of amides is 2. The van der Waals surface area contributed by atoms with Crippen LogP contribution >= 0.6 is 0 Å². The Morgan fingerprint density at radius 3 is 2.00 bits per heavy atom. The molecule has 2 amide bonds. The zero-order valence-electron chi connectivity index (χ0n) is 17.7. The number of epoxide rings is 1. The molecule has 4 N–H and O–H groups in total. The maximum Gasteiger partial charge on any atom is 0.345 e. The molecule has 10 heteroatoms. The molecule has 1 aliphatic heterocycles. The van der Waals surface area contributed by atoms with Crippen molar-refractivity contribution in [2.75, 3.05) is 13.2 Å². The molecule has 0 aromatic rings. The van der Waals surface area contributed by atoms with Crippen LogP contribution in [0.2, 0.25) is 0 Å². The van der Waals surface area contributed by atoms with Gasteiger partial charge >= 0.3 is 6.61 Å². The van der Waals surface area contributed by atoms with Crippen molar-refractivity contribution in [2.24, 2.45) is 17.6 Å². The number of hydrogen-bond donors (Lipinski definition) is 3. The normalized spacial score (nSPS) is 21.8. The fourth-order valence-corrected chi connectivity index (χ4v) is 2.84. The van der Waals surface area contributed by atoms with E-state index in [9.17, 15) is 23.2 Å². The molecule has 0 aliphatic carbocycles. The molecule has 1 fully saturated rings. The van der Waals surface area contributed by atoms with Crippen LogP contribution in [0, 0.1) is 11.8 Å². The topological polar surface area (TPSA) is 123 Å². The molecular weight excluding hydrogens is 388 g/mol. The Morgan fingerprint density at radius 1 is 1.03 bits per heavy atom. The molecule has 0 radical (unpaired) electrons. The van der Waals surface area contributed by atoms with E-state index in [1.165, 1.54) is 0 Å². The number of hydrogen-bond acceptors (Lipinski definition) is 6. The van der Waals surface area contributed by atoms with Crippen LogP contribution in [0.25, 0.3) is 0 Å². The number of nitrogens with two attached hydrogens (primary N) is 1. The van der Waals surface area contributed by atoms with E-state index in [2.05, 4.69) is 15.4 Å². The highest BCUT2D eigenvalue weighted by atomic mass is 19.3. The number of carbonyl (C=O) groups is 3. The van der Waals surface area contributed by atoms with Gasteiger partial charge in [0.15, 0.2) is 5.78 Å². The minimum absolute atomic E-state index is 0.0800. The first kappa shape index (κ1) is 25.4. The third kappa shape index (κ3) is 8.71. The molecular formula is C19H33F2N3O5. The van der Waals surface area contributed by atoms with Gasteiger partial charge in [-0.3, -0.25) is 14.4 Å². The molecule has 4 atom stereocenters. The van der Waals surface area contributed by atoms with E-state index in [0.29, 0.717) is 12.8 Å². The Bertz CT molecular complexity index is 582. The summed E-state index contributed by atoms with van der Waals surface area (Å²) in [5.41, 5.74) is 4.85. The molecule has 0 spiro atoms. The average Bonchev–Trinajstić information content (AvgIpc) is 3.34. The summed E-state index contributed by atoms with van der Waals surface area (Å²) in [5.74, 6) is -1.53. The Balaban J connectivity index is 2.86. The summed E-state index contributed by atoms with van der Waals surface area (Å²) in [6.45, 7) is 5.53. The summed E-state index contributed by atoms with van der Waals surface area (Å²) in [5, 5.41) is 4.91. The van der Waals surface area contributed by atoms with Crippen molar-refractivity contribution in [3.8, 4) is 0 Å². The van der Waals surface area contributed by atoms with Crippen LogP contribution in [0.4, 0.5) is 8.78 Å². The second kappa shape index (κ2) is 10.9. The summed E-state index contributed by atoms with van der Waals surface area (Å²) in [4.78, 5) is 37.6. The maximum absolute atomic E-state index is 12.7. The zero-order valence-corrected chi connectivity index (χ0v) is 17.7. The minimum Gasteiger partial charge on any atom is -0.361 e. The van der Waals surface area contributed by atoms with Crippen LogP contribution in [0.1, 0.15) is 47.5 Å². The van der Waals surface area contributed by atoms with Gasteiger partial charge in [0, 0.05) is 0 Å². The van der Waals surface area contributed by atoms with E-state index >= 15 is 0 Å². The van der Waals surface area contributed by atoms with Crippen LogP contribution < -0.4 is 16.4 Å². The molecule has 0 saturated carbocycles. The first-order chi connectivity index (χ1) is 13.4. The molecule has 29 heavy (non-hydrogen) atoms. The summed E-state index contributed by atoms with van der Waals surface area (Å²) in [7, 11) is 0. The number of ketones is 1. The third-order valence-electron chi connectivity index (χ3n) is 4.52. The van der Waals surface area contributed by atoms with Gasteiger partial charge in [0.2, 0.25) is 11.8 Å². The molecule has 0 aromatic heterocycles.